The molecular formula is C17H19ClN2O4S. The van der Waals surface area contributed by atoms with Gasteiger partial charge < -0.3 is 10.1 Å². The molecule has 25 heavy (non-hydrogen) atoms. The summed E-state index contributed by atoms with van der Waals surface area (Å²) in [5.74, 6) is -0.341. The zero-order chi connectivity index (χ0) is 18.4. The first-order chi connectivity index (χ1) is 11.8. The molecule has 0 aliphatic carbocycles. The summed E-state index contributed by atoms with van der Waals surface area (Å²) in [5, 5.41) is 3.29. The predicted octanol–water partition coefficient (Wildman–Crippen LogP) is 2.91. The average Bonchev–Trinajstić information content (AvgIpc) is 2.57. The molecule has 134 valence electrons. The van der Waals surface area contributed by atoms with E-state index in [4.69, 9.17) is 16.3 Å². The predicted molar refractivity (Wildman–Crippen MR) is 97.5 cm³/mol. The van der Waals surface area contributed by atoms with Gasteiger partial charge in [0.2, 0.25) is 10.0 Å². The highest BCUT2D eigenvalue weighted by Crippen LogP contribution is 2.16. The molecule has 6 nitrogen and oxygen atoms in total. The lowest BCUT2D eigenvalue weighted by atomic mass is 10.2. The maximum atomic E-state index is 12.2. The van der Waals surface area contributed by atoms with Crippen molar-refractivity contribution in [1.29, 1.82) is 0 Å². The first-order valence-corrected chi connectivity index (χ1v) is 9.36. The molecule has 2 N–H and O–H groups in total. The Balaban J connectivity index is 2.08. The van der Waals surface area contributed by atoms with E-state index >= 15 is 0 Å². The Morgan fingerprint density at radius 1 is 1.12 bits per heavy atom. The smallest absolute Gasteiger partial charge is 0.255 e. The molecule has 2 aromatic carbocycles. The molecule has 0 unspecified atom stereocenters. The molecule has 0 spiro atoms. The summed E-state index contributed by atoms with van der Waals surface area (Å²) in [4.78, 5) is 12.3. The Kier molecular flexibility index (Phi) is 6.55. The lowest BCUT2D eigenvalue weighted by Gasteiger charge is -2.13. The van der Waals surface area contributed by atoms with Crippen molar-refractivity contribution in [1.82, 2.24) is 4.72 Å². The number of anilines is 1. The van der Waals surface area contributed by atoms with Crippen LogP contribution in [0.1, 0.15) is 17.3 Å². The highest BCUT2D eigenvalue weighted by molar-refractivity contribution is 7.89. The Bertz CT molecular complexity index is 821. The van der Waals surface area contributed by atoms with E-state index in [1.807, 2.05) is 0 Å². The number of amides is 1. The van der Waals surface area contributed by atoms with Crippen LogP contribution in [0.5, 0.6) is 0 Å². The monoisotopic (exact) mass is 382 g/mol. The van der Waals surface area contributed by atoms with Crippen molar-refractivity contribution in [2.24, 2.45) is 0 Å². The summed E-state index contributed by atoms with van der Waals surface area (Å²) in [6.45, 7) is 1.97. The maximum absolute atomic E-state index is 12.2. The van der Waals surface area contributed by atoms with E-state index in [2.05, 4.69) is 10.0 Å². The molecule has 2 rings (SSSR count). The molecule has 0 bridgehead atoms. The molecular weight excluding hydrogens is 364 g/mol. The minimum absolute atomic E-state index is 0.0819. The van der Waals surface area contributed by atoms with Gasteiger partial charge in [-0.15, -0.1) is 0 Å². The van der Waals surface area contributed by atoms with Crippen LogP contribution in [0.25, 0.3) is 0 Å². The van der Waals surface area contributed by atoms with Gasteiger partial charge in [-0.25, -0.2) is 13.1 Å². The summed E-state index contributed by atoms with van der Waals surface area (Å²) < 4.78 is 31.9. The van der Waals surface area contributed by atoms with Crippen LogP contribution in [-0.2, 0) is 14.8 Å². The minimum Gasteiger partial charge on any atom is -0.383 e. The third kappa shape index (κ3) is 5.54. The second-order valence-corrected chi connectivity index (χ2v) is 7.61. The molecule has 0 aliphatic heterocycles. The van der Waals surface area contributed by atoms with Crippen LogP contribution in [-0.4, -0.2) is 34.1 Å². The number of carbonyl (C=O) groups is 1. The van der Waals surface area contributed by atoms with Crippen molar-refractivity contribution in [3.8, 4) is 0 Å². The third-order valence-electron chi connectivity index (χ3n) is 3.30. The fourth-order valence-electron chi connectivity index (χ4n) is 2.14. The molecule has 0 aromatic heterocycles. The standard InChI is InChI=1S/C17H19ClN2O4S/c1-12(11-24-2)20-25(22,23)16-9-3-13(4-10-16)17(21)19-15-7-5-14(18)6-8-15/h3-10,12,20H,11H2,1-2H3,(H,19,21)/t12-/m1/s1. The summed E-state index contributed by atoms with van der Waals surface area (Å²) >= 11 is 5.80. The molecule has 1 atom stereocenters. The highest BCUT2D eigenvalue weighted by Gasteiger charge is 2.18. The Labute approximate surface area is 152 Å². The van der Waals surface area contributed by atoms with E-state index in [1.54, 1.807) is 31.2 Å². The number of rotatable bonds is 7. The van der Waals surface area contributed by atoms with Gasteiger partial charge in [0.25, 0.3) is 5.91 Å². The van der Waals surface area contributed by atoms with Gasteiger partial charge in [-0.05, 0) is 55.5 Å². The van der Waals surface area contributed by atoms with Crippen molar-refractivity contribution in [2.45, 2.75) is 17.9 Å². The van der Waals surface area contributed by atoms with Crippen molar-refractivity contribution >= 4 is 33.2 Å². The Morgan fingerprint density at radius 3 is 2.28 bits per heavy atom. The van der Waals surface area contributed by atoms with Crippen LogP contribution in [0.3, 0.4) is 0 Å². The number of ether oxygens (including phenoxy) is 1. The van der Waals surface area contributed by atoms with E-state index in [1.165, 1.54) is 31.4 Å². The fourth-order valence-corrected chi connectivity index (χ4v) is 3.49. The second kappa shape index (κ2) is 8.44. The third-order valence-corrected chi connectivity index (χ3v) is 5.16. The molecule has 8 heteroatoms. The van der Waals surface area contributed by atoms with Crippen LogP contribution < -0.4 is 10.0 Å². The Hall–Kier alpha value is -1.93. The van der Waals surface area contributed by atoms with Crippen molar-refractivity contribution in [2.75, 3.05) is 19.0 Å². The van der Waals surface area contributed by atoms with Gasteiger partial charge in [0, 0.05) is 29.4 Å². The van der Waals surface area contributed by atoms with Crippen LogP contribution >= 0.6 is 11.6 Å². The number of methoxy groups -OCH3 is 1. The fraction of sp³-hybridized carbons (Fsp3) is 0.235. The molecule has 0 fully saturated rings. The quantitative estimate of drug-likeness (QED) is 0.771. The maximum Gasteiger partial charge on any atom is 0.255 e. The normalized spacial score (nSPS) is 12.6. The number of carbonyl (C=O) groups excluding carboxylic acids is 1. The number of hydrogen-bond donors (Lipinski definition) is 2. The Morgan fingerprint density at radius 2 is 1.72 bits per heavy atom. The van der Waals surface area contributed by atoms with Gasteiger partial charge in [-0.2, -0.15) is 0 Å². The molecule has 0 aliphatic rings. The zero-order valence-corrected chi connectivity index (χ0v) is 15.4. The molecule has 0 saturated heterocycles. The lowest BCUT2D eigenvalue weighted by Crippen LogP contribution is -2.35. The van der Waals surface area contributed by atoms with E-state index < -0.39 is 10.0 Å². The largest absolute Gasteiger partial charge is 0.383 e. The average molecular weight is 383 g/mol. The summed E-state index contributed by atoms with van der Waals surface area (Å²) in [6, 6.07) is 12.0. The highest BCUT2D eigenvalue weighted by atomic mass is 35.5. The molecule has 0 radical (unpaired) electrons. The minimum atomic E-state index is -3.66. The molecule has 1 amide bonds. The van der Waals surface area contributed by atoms with Crippen molar-refractivity contribution in [3.63, 3.8) is 0 Å². The van der Waals surface area contributed by atoms with Gasteiger partial charge in [-0.3, -0.25) is 4.79 Å². The van der Waals surface area contributed by atoms with Gasteiger partial charge in [0.05, 0.1) is 11.5 Å². The van der Waals surface area contributed by atoms with Crippen molar-refractivity contribution < 1.29 is 17.9 Å². The van der Waals surface area contributed by atoms with Crippen LogP contribution in [0.15, 0.2) is 53.4 Å². The van der Waals surface area contributed by atoms with Crippen LogP contribution in [0, 0.1) is 0 Å². The number of nitrogens with one attached hydrogen (secondary N) is 2. The second-order valence-electron chi connectivity index (χ2n) is 5.46. The van der Waals surface area contributed by atoms with E-state index in [0.29, 0.717) is 16.3 Å². The van der Waals surface area contributed by atoms with Crippen molar-refractivity contribution in [3.05, 3.63) is 59.1 Å². The van der Waals surface area contributed by atoms with Gasteiger partial charge in [-0.1, -0.05) is 11.6 Å². The number of benzene rings is 2. The van der Waals surface area contributed by atoms with E-state index in [9.17, 15) is 13.2 Å². The van der Waals surface area contributed by atoms with E-state index in [0.717, 1.165) is 0 Å². The number of hydrogen-bond acceptors (Lipinski definition) is 4. The lowest BCUT2D eigenvalue weighted by molar-refractivity contribution is 0.102. The number of halogens is 1. The SMILES string of the molecule is COC[C@@H](C)NS(=O)(=O)c1ccc(C(=O)Nc2ccc(Cl)cc2)cc1. The van der Waals surface area contributed by atoms with Crippen LogP contribution in [0.4, 0.5) is 5.69 Å². The molecule has 2 aromatic rings. The first-order valence-electron chi connectivity index (χ1n) is 7.50. The van der Waals surface area contributed by atoms with Crippen LogP contribution in [0.2, 0.25) is 5.02 Å². The molecule has 0 heterocycles. The first kappa shape index (κ1) is 19.4. The van der Waals surface area contributed by atoms with Gasteiger partial charge in [0.1, 0.15) is 0 Å². The van der Waals surface area contributed by atoms with E-state index in [-0.39, 0.29) is 23.5 Å². The van der Waals surface area contributed by atoms with Gasteiger partial charge >= 0.3 is 0 Å². The summed E-state index contributed by atoms with van der Waals surface area (Å²) in [5.41, 5.74) is 0.944. The summed E-state index contributed by atoms with van der Waals surface area (Å²) in [6.07, 6.45) is 0. The molecule has 0 saturated carbocycles. The van der Waals surface area contributed by atoms with Gasteiger partial charge in [0.15, 0.2) is 0 Å². The summed E-state index contributed by atoms with van der Waals surface area (Å²) in [7, 11) is -2.17. The topological polar surface area (TPSA) is 84.5 Å². The number of sulfonamides is 1. The zero-order valence-electron chi connectivity index (χ0n) is 13.8.